The fourth-order valence-corrected chi connectivity index (χ4v) is 6.55. The summed E-state index contributed by atoms with van der Waals surface area (Å²) in [6.45, 7) is 0. The molecule has 0 aromatic rings. The normalized spacial score (nSPS) is 47.0. The van der Waals surface area contributed by atoms with Crippen LogP contribution in [0.15, 0.2) is 40.9 Å². The molecule has 0 aromatic heterocycles. The third kappa shape index (κ3) is 2.96. The largest absolute Gasteiger partial charge is 0.342 e. The van der Waals surface area contributed by atoms with Gasteiger partial charge in [-0.3, -0.25) is 0 Å². The molecular weight excluding hydrogens is 365 g/mol. The Morgan fingerprint density at radius 1 is 0.962 bits per heavy atom. The molecular formula is C21H27Cl2N3. The minimum absolute atomic E-state index is 0.366. The van der Waals surface area contributed by atoms with Crippen molar-refractivity contribution in [2.24, 2.45) is 40.5 Å². The predicted octanol–water partition coefficient (Wildman–Crippen LogP) is 4.75. The lowest BCUT2D eigenvalue weighted by Gasteiger charge is -2.49. The van der Waals surface area contributed by atoms with Gasteiger partial charge in [0.05, 0.1) is 0 Å². The van der Waals surface area contributed by atoms with Crippen LogP contribution in [0.1, 0.15) is 38.5 Å². The van der Waals surface area contributed by atoms with Crippen LogP contribution < -0.4 is 10.6 Å². The number of aliphatic imine (C=N–C) groups is 1. The van der Waals surface area contributed by atoms with Gasteiger partial charge in [-0.1, -0.05) is 66.4 Å². The van der Waals surface area contributed by atoms with Crippen LogP contribution >= 0.6 is 23.2 Å². The number of nitrogens with one attached hydrogen (secondary N) is 2. The summed E-state index contributed by atoms with van der Waals surface area (Å²) in [7, 11) is 0. The van der Waals surface area contributed by atoms with Gasteiger partial charge in [-0.2, -0.15) is 0 Å². The number of allylic oxidation sites excluding steroid dienone is 5. The SMILES string of the molecule is ClC1N=C(C2=CC3C(C=CC4CCCCC43)C3C=CCCC23)NC(Cl)N1. The number of hydrogen-bond acceptors (Lipinski definition) is 3. The lowest BCUT2D eigenvalue weighted by molar-refractivity contribution is 0.128. The Kier molecular flexibility index (Phi) is 4.67. The van der Waals surface area contributed by atoms with Crippen molar-refractivity contribution < 1.29 is 0 Å². The maximum absolute atomic E-state index is 6.31. The van der Waals surface area contributed by atoms with Gasteiger partial charge in [-0.25, -0.2) is 10.3 Å². The van der Waals surface area contributed by atoms with Gasteiger partial charge < -0.3 is 5.32 Å². The quantitative estimate of drug-likeness (QED) is 0.384. The molecule has 26 heavy (non-hydrogen) atoms. The fourth-order valence-electron chi connectivity index (χ4n) is 6.04. The first kappa shape index (κ1) is 17.3. The van der Waals surface area contributed by atoms with E-state index in [9.17, 15) is 0 Å². The lowest BCUT2D eigenvalue weighted by atomic mass is 9.55. The van der Waals surface area contributed by atoms with Crippen LogP contribution in [0.25, 0.3) is 0 Å². The summed E-state index contributed by atoms with van der Waals surface area (Å²) < 4.78 is 0. The lowest BCUT2D eigenvalue weighted by Crippen LogP contribution is -2.52. The van der Waals surface area contributed by atoms with Gasteiger partial charge in [0.2, 0.25) is 0 Å². The Hall–Kier alpha value is -0.770. The third-order valence-corrected chi connectivity index (χ3v) is 7.60. The molecule has 0 saturated heterocycles. The van der Waals surface area contributed by atoms with Gasteiger partial charge in [0.1, 0.15) is 5.84 Å². The molecule has 5 rings (SSSR count). The highest BCUT2D eigenvalue weighted by atomic mass is 35.5. The minimum atomic E-state index is -0.460. The first-order valence-corrected chi connectivity index (χ1v) is 11.0. The summed E-state index contributed by atoms with van der Waals surface area (Å²) in [6, 6.07) is 0. The molecule has 1 heterocycles. The Bertz CT molecular complexity index is 683. The maximum atomic E-state index is 6.31. The van der Waals surface area contributed by atoms with Crippen LogP contribution in [0.5, 0.6) is 0 Å². The Balaban J connectivity index is 1.56. The van der Waals surface area contributed by atoms with E-state index in [1.165, 1.54) is 37.7 Å². The molecule has 8 atom stereocenters. The van der Waals surface area contributed by atoms with Crippen molar-refractivity contribution in [3.63, 3.8) is 0 Å². The van der Waals surface area contributed by atoms with E-state index in [0.29, 0.717) is 23.7 Å². The summed E-state index contributed by atoms with van der Waals surface area (Å²) in [5, 5.41) is 6.33. The summed E-state index contributed by atoms with van der Waals surface area (Å²) in [5.41, 5.74) is 0.534. The van der Waals surface area contributed by atoms with Crippen LogP contribution in [0.4, 0.5) is 0 Å². The van der Waals surface area contributed by atoms with E-state index in [-0.39, 0.29) is 5.62 Å². The molecule has 4 aliphatic carbocycles. The number of nitrogens with zero attached hydrogens (tertiary/aromatic N) is 1. The second-order valence-corrected chi connectivity index (χ2v) is 9.30. The minimum Gasteiger partial charge on any atom is -0.342 e. The number of alkyl halides is 2. The zero-order valence-corrected chi connectivity index (χ0v) is 16.5. The van der Waals surface area contributed by atoms with Crippen molar-refractivity contribution >= 4 is 29.0 Å². The molecule has 0 amide bonds. The monoisotopic (exact) mass is 391 g/mol. The first-order chi connectivity index (χ1) is 12.7. The number of hydrogen-bond donors (Lipinski definition) is 2. The molecule has 5 heteroatoms. The van der Waals surface area contributed by atoms with Crippen molar-refractivity contribution in [1.29, 1.82) is 0 Å². The number of rotatable bonds is 1. The summed E-state index contributed by atoms with van der Waals surface area (Å²) in [5.74, 6) is 4.81. The Labute approximate surface area is 166 Å². The van der Waals surface area contributed by atoms with E-state index >= 15 is 0 Å². The molecule has 1 saturated carbocycles. The average Bonchev–Trinajstić information content (AvgIpc) is 2.66. The second kappa shape index (κ2) is 7.00. The molecule has 1 fully saturated rings. The summed E-state index contributed by atoms with van der Waals surface area (Å²) in [4.78, 5) is 4.65. The van der Waals surface area contributed by atoms with Crippen LogP contribution in [-0.2, 0) is 0 Å². The van der Waals surface area contributed by atoms with Gasteiger partial charge >= 0.3 is 0 Å². The standard InChI is InChI=1S/C21H27Cl2N3/c22-20-24-19(25-21(23)26-20)18-11-17-13-6-2-1-5-12(13)9-10-16(17)14-7-3-4-8-15(14)18/h3,7,9-17,20-21,26H,1-2,4-6,8H2,(H,24,25). The van der Waals surface area contributed by atoms with E-state index in [1.54, 1.807) is 0 Å². The topological polar surface area (TPSA) is 36.4 Å². The summed E-state index contributed by atoms with van der Waals surface area (Å²) >= 11 is 12.6. The van der Waals surface area contributed by atoms with Crippen LogP contribution in [0, 0.1) is 35.5 Å². The van der Waals surface area contributed by atoms with Crippen molar-refractivity contribution in [2.75, 3.05) is 0 Å². The van der Waals surface area contributed by atoms with Gasteiger partial charge in [0.15, 0.2) is 11.2 Å². The molecule has 0 radical (unpaired) electrons. The van der Waals surface area contributed by atoms with Gasteiger partial charge in [-0.05, 0) is 66.8 Å². The van der Waals surface area contributed by atoms with E-state index in [4.69, 9.17) is 23.2 Å². The van der Waals surface area contributed by atoms with Crippen LogP contribution in [-0.4, -0.2) is 17.1 Å². The highest BCUT2D eigenvalue weighted by molar-refractivity contribution is 6.25. The van der Waals surface area contributed by atoms with E-state index < -0.39 is 5.62 Å². The van der Waals surface area contributed by atoms with Crippen LogP contribution in [0.2, 0.25) is 0 Å². The van der Waals surface area contributed by atoms with Gasteiger partial charge in [0, 0.05) is 0 Å². The molecule has 0 spiro atoms. The molecule has 2 N–H and O–H groups in total. The number of fused-ring (bicyclic) bond motifs is 5. The molecule has 8 unspecified atom stereocenters. The Morgan fingerprint density at radius 3 is 2.73 bits per heavy atom. The predicted molar refractivity (Wildman–Crippen MR) is 108 cm³/mol. The van der Waals surface area contributed by atoms with Gasteiger partial charge in [-0.15, -0.1) is 0 Å². The van der Waals surface area contributed by atoms with E-state index in [2.05, 4.69) is 46.0 Å². The zero-order chi connectivity index (χ0) is 17.7. The van der Waals surface area contributed by atoms with Crippen molar-refractivity contribution in [2.45, 2.75) is 49.8 Å². The van der Waals surface area contributed by atoms with Crippen LogP contribution in [0.3, 0.4) is 0 Å². The van der Waals surface area contributed by atoms with Crippen molar-refractivity contribution in [1.82, 2.24) is 10.6 Å². The highest BCUT2D eigenvalue weighted by Crippen LogP contribution is 2.53. The number of halogens is 2. The van der Waals surface area contributed by atoms with Crippen molar-refractivity contribution in [3.8, 4) is 0 Å². The molecule has 0 aromatic carbocycles. The van der Waals surface area contributed by atoms with Crippen molar-refractivity contribution in [3.05, 3.63) is 36.0 Å². The fraction of sp³-hybridized carbons (Fsp3) is 0.667. The molecule has 0 bridgehead atoms. The van der Waals surface area contributed by atoms with Gasteiger partial charge in [0.25, 0.3) is 0 Å². The summed E-state index contributed by atoms with van der Waals surface area (Å²) in [6.07, 6.45) is 20.3. The number of amidine groups is 1. The second-order valence-electron chi connectivity index (χ2n) is 8.45. The Morgan fingerprint density at radius 2 is 1.85 bits per heavy atom. The maximum Gasteiger partial charge on any atom is 0.180 e. The highest BCUT2D eigenvalue weighted by Gasteiger charge is 2.46. The van der Waals surface area contributed by atoms with E-state index in [0.717, 1.165) is 24.1 Å². The molecule has 3 nitrogen and oxygen atoms in total. The smallest absolute Gasteiger partial charge is 0.180 e. The molecule has 5 aliphatic rings. The third-order valence-electron chi connectivity index (χ3n) is 7.14. The first-order valence-electron chi connectivity index (χ1n) is 10.2. The average molecular weight is 392 g/mol. The zero-order valence-electron chi connectivity index (χ0n) is 15.0. The molecule has 1 aliphatic heterocycles. The molecule has 140 valence electrons. The van der Waals surface area contributed by atoms with E-state index in [1.807, 2.05) is 0 Å².